The van der Waals surface area contributed by atoms with E-state index in [0.29, 0.717) is 23.7 Å². The van der Waals surface area contributed by atoms with Crippen LogP contribution in [-0.2, 0) is 80.4 Å². The van der Waals surface area contributed by atoms with Crippen LogP contribution in [0.25, 0.3) is 178 Å². The number of nitrogens with zero attached hydrogens (tertiary/aromatic N) is 8. The van der Waals surface area contributed by atoms with Gasteiger partial charge in [-0.05, 0) is 174 Å². The molecule has 12 aromatic heterocycles. The normalized spacial score (nSPS) is 10.7. The van der Waals surface area contributed by atoms with Crippen LogP contribution in [-0.4, -0.2) is 39.9 Å². The fourth-order valence-corrected chi connectivity index (χ4v) is 16.8. The van der Waals surface area contributed by atoms with E-state index in [1.54, 1.807) is 31.0 Å². The first kappa shape index (κ1) is 111. The van der Waals surface area contributed by atoms with Crippen molar-refractivity contribution in [2.24, 2.45) is 0 Å². The van der Waals surface area contributed by atoms with E-state index >= 15 is 0 Å². The second kappa shape index (κ2) is 52.3. The maximum absolute atomic E-state index is 6.16. The zero-order valence-electron chi connectivity index (χ0n) is 85.5. The minimum atomic E-state index is 0. The predicted molar refractivity (Wildman–Crippen MR) is 591 cm³/mol. The monoisotopic (exact) mass is 2640 g/mol. The second-order valence-electron chi connectivity index (χ2n) is 37.2. The number of fused-ring (bicyclic) bond motifs is 12. The molecule has 0 saturated heterocycles. The van der Waals surface area contributed by atoms with E-state index < -0.39 is 0 Å². The van der Waals surface area contributed by atoms with Gasteiger partial charge in [0.1, 0.15) is 22.3 Å². The number of aromatic nitrogens is 8. The van der Waals surface area contributed by atoms with E-state index in [1.165, 1.54) is 55.6 Å². The number of hydrogen-bond acceptors (Lipinski definition) is 12. The summed E-state index contributed by atoms with van der Waals surface area (Å²) in [6.45, 7) is 34.0. The summed E-state index contributed by atoms with van der Waals surface area (Å²) in [7, 11) is 0. The summed E-state index contributed by atoms with van der Waals surface area (Å²) in [5.74, 6) is 2.14. The molecule has 0 saturated carbocycles. The Bertz CT molecular complexity index is 8020. The molecular weight excluding hydrogens is 2530 g/mol. The van der Waals surface area contributed by atoms with Crippen molar-refractivity contribution < 1.29 is 98.1 Å². The number of aryl methyl sites for hydroxylation is 8. The number of benzene rings is 12. The van der Waals surface area contributed by atoms with Gasteiger partial charge in [0.25, 0.3) is 0 Å². The molecule has 748 valence electrons. The zero-order chi connectivity index (χ0) is 100. The molecule has 24 rings (SSSR count). The van der Waals surface area contributed by atoms with Crippen LogP contribution in [0, 0.1) is 104 Å². The molecular formula is C132H112Ir4N8O4-8. The van der Waals surface area contributed by atoms with Crippen molar-refractivity contribution in [1.29, 1.82) is 0 Å². The van der Waals surface area contributed by atoms with E-state index in [2.05, 4.69) is 329 Å². The molecule has 0 unspecified atom stereocenters. The van der Waals surface area contributed by atoms with Crippen LogP contribution < -0.4 is 0 Å². The van der Waals surface area contributed by atoms with Gasteiger partial charge >= 0.3 is 0 Å². The summed E-state index contributed by atoms with van der Waals surface area (Å²) in [6, 6.07) is 132. The van der Waals surface area contributed by atoms with Crippen LogP contribution in [0.4, 0.5) is 0 Å². The first-order chi connectivity index (χ1) is 70.0. The molecule has 16 heteroatoms. The van der Waals surface area contributed by atoms with Crippen LogP contribution in [0.2, 0.25) is 0 Å². The van der Waals surface area contributed by atoms with Crippen LogP contribution >= 0.6 is 0 Å². The summed E-state index contributed by atoms with van der Waals surface area (Å²) in [6.07, 6.45) is 14.6. The number of pyridine rings is 8. The summed E-state index contributed by atoms with van der Waals surface area (Å²) >= 11 is 0. The number of rotatable bonds is 12. The Balaban J connectivity index is 0.000000141. The Labute approximate surface area is 922 Å². The minimum absolute atomic E-state index is 0. The van der Waals surface area contributed by atoms with Gasteiger partial charge in [0.05, 0.1) is 22.3 Å². The van der Waals surface area contributed by atoms with Crippen LogP contribution in [0.15, 0.2) is 383 Å². The van der Waals surface area contributed by atoms with Crippen molar-refractivity contribution in [3.8, 4) is 90.1 Å². The Morgan fingerprint density at radius 1 is 0.209 bits per heavy atom. The molecule has 4 radical (unpaired) electrons. The third kappa shape index (κ3) is 27.5. The quantitative estimate of drug-likeness (QED) is 0.107. The van der Waals surface area contributed by atoms with Crippen molar-refractivity contribution in [2.45, 2.75) is 134 Å². The third-order valence-electron chi connectivity index (χ3n) is 24.7. The van der Waals surface area contributed by atoms with Crippen molar-refractivity contribution >= 4 is 87.8 Å². The van der Waals surface area contributed by atoms with Gasteiger partial charge in [0.2, 0.25) is 0 Å². The molecule has 0 aliphatic rings. The predicted octanol–water partition coefficient (Wildman–Crippen LogP) is 34.9. The first-order valence-corrected chi connectivity index (χ1v) is 48.8. The van der Waals surface area contributed by atoms with E-state index in [4.69, 9.17) is 17.7 Å². The fourth-order valence-electron chi connectivity index (χ4n) is 16.8. The van der Waals surface area contributed by atoms with E-state index in [1.807, 2.05) is 204 Å². The largest absolute Gasteiger partial charge is 0.501 e. The minimum Gasteiger partial charge on any atom is -0.501 e. The number of para-hydroxylation sites is 1. The zero-order valence-corrected chi connectivity index (χ0v) is 95.1. The molecule has 0 spiro atoms. The smallest absolute Gasteiger partial charge is 0.121 e. The summed E-state index contributed by atoms with van der Waals surface area (Å²) in [5, 5.41) is 9.01. The summed E-state index contributed by atoms with van der Waals surface area (Å²) in [4.78, 5) is 35.1. The molecule has 12 nitrogen and oxygen atoms in total. The van der Waals surface area contributed by atoms with Gasteiger partial charge in [-0.25, -0.2) is 0 Å². The topological polar surface area (TPSA) is 156 Å². The van der Waals surface area contributed by atoms with Gasteiger partial charge in [-0.15, -0.1) is 213 Å². The van der Waals surface area contributed by atoms with Gasteiger partial charge < -0.3 is 57.5 Å². The molecule has 12 aromatic carbocycles. The molecule has 148 heavy (non-hydrogen) atoms. The van der Waals surface area contributed by atoms with Crippen molar-refractivity contribution in [1.82, 2.24) is 39.9 Å². The fraction of sp³-hybridized carbons (Fsp3) is 0.152. The van der Waals surface area contributed by atoms with E-state index in [-0.39, 0.29) is 80.4 Å². The van der Waals surface area contributed by atoms with Gasteiger partial charge in [-0.1, -0.05) is 289 Å². The molecule has 0 fully saturated rings. The van der Waals surface area contributed by atoms with Crippen LogP contribution in [0.1, 0.15) is 146 Å². The molecule has 0 N–H and O–H groups in total. The summed E-state index contributed by atoms with van der Waals surface area (Å²) in [5.41, 5.74) is 37.2. The first-order valence-electron chi connectivity index (χ1n) is 48.8. The molecule has 12 heterocycles. The average Bonchev–Trinajstić information content (AvgIpc) is 1.63. The molecule has 0 atom stereocenters. The van der Waals surface area contributed by atoms with Crippen molar-refractivity contribution in [2.75, 3.05) is 0 Å². The van der Waals surface area contributed by atoms with Gasteiger partial charge in [-0.2, -0.15) is 0 Å². The molecule has 0 aliphatic carbocycles. The Morgan fingerprint density at radius 3 is 0.865 bits per heavy atom. The van der Waals surface area contributed by atoms with Crippen LogP contribution in [0.5, 0.6) is 0 Å². The maximum atomic E-state index is 6.16. The molecule has 24 aromatic rings. The molecule has 0 aliphatic heterocycles. The molecule has 0 bridgehead atoms. The second-order valence-corrected chi connectivity index (χ2v) is 37.2. The Hall–Kier alpha value is -14.4. The SMILES string of the molecule is CC(C)c1ccc2c(c1)oc1c(-c3ccccn3)[c-]ccc12.Cc1[c-]c(-c2ccccn2)c2oc3ccccc3c2c1.Cc1[c-]c(-c2ccccn2)cc(C)c1.Cc1ccc(-c2[c-]cc(C(C)C)cc2)nc1.Cc1ccc(-c2[c-]cc(C(C)C)cc2)nc1.Cc1ccc(-c2[c-]cc(C(C)C)cc2)nc1.Cc1ccc2c(c1)oc1c(-c3ccccn3)[c-]ccc12.Cc1ccc2c(c1)oc1c(-c3ccccn3)[c-]ccc12.[Ir].[Ir].[Ir].[Ir]. The Kier molecular flexibility index (Phi) is 39.2. The van der Waals surface area contributed by atoms with Crippen molar-refractivity contribution in [3.63, 3.8) is 0 Å². The molecule has 0 amide bonds. The summed E-state index contributed by atoms with van der Waals surface area (Å²) < 4.78 is 24.3. The van der Waals surface area contributed by atoms with Gasteiger partial charge in [0.15, 0.2) is 0 Å². The average molecular weight is 2640 g/mol. The van der Waals surface area contributed by atoms with E-state index in [0.717, 1.165) is 189 Å². The van der Waals surface area contributed by atoms with Gasteiger partial charge in [0, 0.05) is 152 Å². The van der Waals surface area contributed by atoms with Crippen LogP contribution in [0.3, 0.4) is 0 Å². The third-order valence-corrected chi connectivity index (χ3v) is 24.7. The van der Waals surface area contributed by atoms with E-state index in [9.17, 15) is 0 Å². The van der Waals surface area contributed by atoms with Crippen molar-refractivity contribution in [3.05, 3.63) is 480 Å². The maximum Gasteiger partial charge on any atom is 0.121 e. The Morgan fingerprint density at radius 2 is 0.520 bits per heavy atom. The van der Waals surface area contributed by atoms with Gasteiger partial charge in [-0.3, -0.25) is 0 Å². The standard InChI is InChI=1S/C20H16NO.3C18H12NO.3C15H16N.C13H12N.4Ir/c1-13(2)14-9-10-15-16-6-5-7-17(18-8-3-4-11-21-18)20(16)22-19(15)12-14;2*1-12-8-9-13-14-5-4-6-15(16-7-2-3-10-19-16)18(14)20-17(13)11-12;1-12-10-14-13-6-2-3-8-17(13)20-18(14)15(11-12)16-7-4-5-9-19-16;3*1-11(2)13-5-7-14(8-6-13)15-9-4-12(3)10-16-15;1-10-7-11(2)9-12(8-10)13-5-3-4-6-14-13;;;;/h3-6,8-13H,1-2H3;2*2-5,7-11H,1H3;2-10H,1H3;3*4-7,9-11H,1-3H3;3-8H,1-2H3;;;;/q8*-1;;;;. The number of furan rings is 4. The number of hydrogen-bond donors (Lipinski definition) is 0.